The van der Waals surface area contributed by atoms with Gasteiger partial charge in [-0.25, -0.2) is 4.79 Å². The molecule has 33 heavy (non-hydrogen) atoms. The van der Waals surface area contributed by atoms with E-state index in [0.29, 0.717) is 29.0 Å². The molecule has 3 rings (SSSR count). The fraction of sp³-hybridized carbons (Fsp3) is 0.217. The molecule has 172 valence electrons. The summed E-state index contributed by atoms with van der Waals surface area (Å²) in [7, 11) is 1.60. The smallest absolute Gasteiger partial charge is 0.335 e. The maximum atomic E-state index is 12.3. The molecular weight excluding hydrogens is 444 g/mol. The van der Waals surface area contributed by atoms with Crippen molar-refractivity contribution in [2.75, 3.05) is 18.2 Å². The number of carbonyl (C=O) groups is 2. The van der Waals surface area contributed by atoms with E-state index in [2.05, 4.69) is 22.1 Å². The molecule has 1 unspecified atom stereocenters. The molecule has 3 aromatic rings. The van der Waals surface area contributed by atoms with E-state index in [1.807, 2.05) is 35.8 Å². The number of carboxylic acid groups (broad SMARTS) is 1. The zero-order chi connectivity index (χ0) is 23.8. The number of hydrogen-bond acceptors (Lipinski definition) is 7. The lowest BCUT2D eigenvalue weighted by atomic mass is 10.2. The van der Waals surface area contributed by atoms with Gasteiger partial charge < -0.3 is 19.9 Å². The number of thioether (sulfide) groups is 1. The van der Waals surface area contributed by atoms with Gasteiger partial charge in [-0.1, -0.05) is 17.8 Å². The Morgan fingerprint density at radius 1 is 1.15 bits per heavy atom. The Balaban J connectivity index is 1.63. The van der Waals surface area contributed by atoms with Crippen LogP contribution in [0.2, 0.25) is 0 Å². The molecule has 0 spiro atoms. The van der Waals surface area contributed by atoms with Gasteiger partial charge in [0.2, 0.25) is 5.91 Å². The standard InChI is InChI=1S/C23H24N4O5S/c1-4-13-27-21(15(2)32-19-11-9-18(31-3)10-12-19)25-26-23(27)33-14-20(28)24-17-7-5-16(6-8-17)22(29)30/h4-12,15H,1,13-14H2,2-3H3,(H,24,28)(H,29,30). The van der Waals surface area contributed by atoms with Crippen LogP contribution in [0.5, 0.6) is 11.5 Å². The lowest BCUT2D eigenvalue weighted by Crippen LogP contribution is -2.15. The first-order chi connectivity index (χ1) is 15.9. The molecule has 10 heteroatoms. The van der Waals surface area contributed by atoms with E-state index >= 15 is 0 Å². The molecule has 0 bridgehead atoms. The minimum atomic E-state index is -1.02. The van der Waals surface area contributed by atoms with Gasteiger partial charge in [-0.15, -0.1) is 16.8 Å². The average molecular weight is 469 g/mol. The second-order valence-corrected chi connectivity index (χ2v) is 7.84. The van der Waals surface area contributed by atoms with E-state index in [-0.39, 0.29) is 23.3 Å². The molecule has 1 aromatic heterocycles. The second-order valence-electron chi connectivity index (χ2n) is 6.90. The Labute approximate surface area is 195 Å². The van der Waals surface area contributed by atoms with E-state index in [1.54, 1.807) is 25.3 Å². The fourth-order valence-corrected chi connectivity index (χ4v) is 3.70. The number of ether oxygens (including phenoxy) is 2. The van der Waals surface area contributed by atoms with Crippen molar-refractivity contribution in [3.8, 4) is 11.5 Å². The summed E-state index contributed by atoms with van der Waals surface area (Å²) in [6, 6.07) is 13.2. The normalized spacial score (nSPS) is 11.5. The monoisotopic (exact) mass is 468 g/mol. The number of allylic oxidation sites excluding steroid dienone is 1. The van der Waals surface area contributed by atoms with E-state index in [4.69, 9.17) is 14.6 Å². The van der Waals surface area contributed by atoms with Crippen LogP contribution in [0.1, 0.15) is 29.2 Å². The van der Waals surface area contributed by atoms with Gasteiger partial charge >= 0.3 is 5.97 Å². The molecule has 0 fully saturated rings. The number of anilines is 1. The molecule has 0 aliphatic carbocycles. The maximum Gasteiger partial charge on any atom is 0.335 e. The van der Waals surface area contributed by atoms with Crippen molar-refractivity contribution in [3.05, 3.63) is 72.6 Å². The molecule has 0 saturated heterocycles. The predicted molar refractivity (Wildman–Crippen MR) is 125 cm³/mol. The van der Waals surface area contributed by atoms with Crippen LogP contribution in [0.4, 0.5) is 5.69 Å². The minimum absolute atomic E-state index is 0.101. The summed E-state index contributed by atoms with van der Waals surface area (Å²) in [5.74, 6) is 0.840. The summed E-state index contributed by atoms with van der Waals surface area (Å²) in [5, 5.41) is 20.7. The van der Waals surface area contributed by atoms with Crippen molar-refractivity contribution in [1.29, 1.82) is 0 Å². The number of aromatic carboxylic acids is 1. The van der Waals surface area contributed by atoms with Gasteiger partial charge in [-0.3, -0.25) is 9.36 Å². The number of aromatic nitrogens is 3. The highest BCUT2D eigenvalue weighted by Gasteiger charge is 2.20. The fourth-order valence-electron chi connectivity index (χ4n) is 2.94. The average Bonchev–Trinajstić information content (AvgIpc) is 3.21. The van der Waals surface area contributed by atoms with Crippen molar-refractivity contribution in [2.45, 2.75) is 24.7 Å². The summed E-state index contributed by atoms with van der Waals surface area (Å²) in [5.41, 5.74) is 0.666. The molecule has 0 radical (unpaired) electrons. The van der Waals surface area contributed by atoms with Gasteiger partial charge in [-0.2, -0.15) is 0 Å². The Bertz CT molecular complexity index is 1110. The summed E-state index contributed by atoms with van der Waals surface area (Å²) in [6.07, 6.45) is 1.34. The van der Waals surface area contributed by atoms with Crippen LogP contribution in [0, 0.1) is 0 Å². The maximum absolute atomic E-state index is 12.3. The number of carboxylic acids is 1. The number of carbonyl (C=O) groups excluding carboxylic acids is 1. The highest BCUT2D eigenvalue weighted by Crippen LogP contribution is 2.26. The Morgan fingerprint density at radius 2 is 1.82 bits per heavy atom. The third kappa shape index (κ3) is 6.36. The molecule has 0 saturated carbocycles. The van der Waals surface area contributed by atoms with Crippen LogP contribution >= 0.6 is 11.8 Å². The van der Waals surface area contributed by atoms with Crippen molar-refractivity contribution in [2.24, 2.45) is 0 Å². The lowest BCUT2D eigenvalue weighted by molar-refractivity contribution is -0.113. The molecule has 9 nitrogen and oxygen atoms in total. The van der Waals surface area contributed by atoms with Gasteiger partial charge in [-0.05, 0) is 55.5 Å². The molecule has 0 aliphatic heterocycles. The first kappa shape index (κ1) is 23.9. The quantitative estimate of drug-likeness (QED) is 0.320. The van der Waals surface area contributed by atoms with Crippen LogP contribution < -0.4 is 14.8 Å². The van der Waals surface area contributed by atoms with Gasteiger partial charge in [0.25, 0.3) is 0 Å². The molecule has 1 heterocycles. The number of hydrogen-bond donors (Lipinski definition) is 2. The van der Waals surface area contributed by atoms with E-state index in [0.717, 1.165) is 5.75 Å². The Hall–Kier alpha value is -3.79. The summed E-state index contributed by atoms with van der Waals surface area (Å²) in [6.45, 7) is 6.12. The van der Waals surface area contributed by atoms with Crippen LogP contribution in [0.25, 0.3) is 0 Å². The topological polar surface area (TPSA) is 116 Å². The second kappa shape index (κ2) is 11.2. The molecule has 1 amide bonds. The molecule has 2 aromatic carbocycles. The van der Waals surface area contributed by atoms with Crippen molar-refractivity contribution in [3.63, 3.8) is 0 Å². The third-order valence-electron chi connectivity index (χ3n) is 4.54. The summed E-state index contributed by atoms with van der Waals surface area (Å²) < 4.78 is 13.0. The number of methoxy groups -OCH3 is 1. The van der Waals surface area contributed by atoms with Crippen LogP contribution in [0.3, 0.4) is 0 Å². The van der Waals surface area contributed by atoms with Crippen molar-refractivity contribution >= 4 is 29.3 Å². The third-order valence-corrected chi connectivity index (χ3v) is 5.51. The van der Waals surface area contributed by atoms with Crippen LogP contribution in [-0.2, 0) is 11.3 Å². The van der Waals surface area contributed by atoms with E-state index in [9.17, 15) is 9.59 Å². The first-order valence-corrected chi connectivity index (χ1v) is 11.0. The number of nitrogens with one attached hydrogen (secondary N) is 1. The van der Waals surface area contributed by atoms with Gasteiger partial charge in [0.05, 0.1) is 18.4 Å². The van der Waals surface area contributed by atoms with E-state index in [1.165, 1.54) is 23.9 Å². The summed E-state index contributed by atoms with van der Waals surface area (Å²) >= 11 is 1.24. The van der Waals surface area contributed by atoms with Crippen LogP contribution in [-0.4, -0.2) is 44.6 Å². The highest BCUT2D eigenvalue weighted by molar-refractivity contribution is 7.99. The SMILES string of the molecule is C=CCn1c(SCC(=O)Nc2ccc(C(=O)O)cc2)nnc1C(C)Oc1ccc(OC)cc1. The zero-order valence-electron chi connectivity index (χ0n) is 18.2. The molecule has 2 N–H and O–H groups in total. The number of nitrogens with zero attached hydrogens (tertiary/aromatic N) is 3. The van der Waals surface area contributed by atoms with Crippen LogP contribution in [0.15, 0.2) is 66.3 Å². The number of benzene rings is 2. The van der Waals surface area contributed by atoms with Gasteiger partial charge in [0, 0.05) is 12.2 Å². The van der Waals surface area contributed by atoms with Crippen molar-refractivity contribution < 1.29 is 24.2 Å². The first-order valence-electron chi connectivity index (χ1n) is 10.0. The Morgan fingerprint density at radius 3 is 2.42 bits per heavy atom. The molecule has 0 aliphatic rings. The Kier molecular flexibility index (Phi) is 8.09. The van der Waals surface area contributed by atoms with Crippen molar-refractivity contribution in [1.82, 2.24) is 14.8 Å². The minimum Gasteiger partial charge on any atom is -0.497 e. The summed E-state index contributed by atoms with van der Waals surface area (Å²) in [4.78, 5) is 23.3. The highest BCUT2D eigenvalue weighted by atomic mass is 32.2. The molecular formula is C23H24N4O5S. The van der Waals surface area contributed by atoms with E-state index < -0.39 is 5.97 Å². The molecule has 1 atom stereocenters. The predicted octanol–water partition coefficient (Wildman–Crippen LogP) is 4.04. The largest absolute Gasteiger partial charge is 0.497 e. The van der Waals surface area contributed by atoms with Gasteiger partial charge in [0.1, 0.15) is 11.5 Å². The zero-order valence-corrected chi connectivity index (χ0v) is 19.0. The lowest BCUT2D eigenvalue weighted by Gasteiger charge is -2.16. The van der Waals surface area contributed by atoms with Gasteiger partial charge in [0.15, 0.2) is 17.1 Å². The number of rotatable bonds is 11. The number of amides is 1.